The quantitative estimate of drug-likeness (QED) is 0.550. The van der Waals surface area contributed by atoms with Crippen molar-refractivity contribution in [2.75, 3.05) is 6.26 Å². The van der Waals surface area contributed by atoms with Gasteiger partial charge in [-0.05, 0) is 24.0 Å². The first-order chi connectivity index (χ1) is 6.81. The van der Waals surface area contributed by atoms with Crippen LogP contribution in [0.3, 0.4) is 0 Å². The Bertz CT molecular complexity index is 372. The normalized spacial score (nSPS) is 19.8. The highest BCUT2D eigenvalue weighted by molar-refractivity contribution is 7.98. The molecule has 1 aliphatic heterocycles. The number of carbonyl (C=O) groups excluding carboxylic acids is 1. The standard InChI is InChI=1S/C10H9NO2S/c1-14-8-4-2-7(3-5-8)9-6-11-13-10(9)12/h2-6,9H,1H3. The van der Waals surface area contributed by atoms with Gasteiger partial charge in [0, 0.05) is 4.90 Å². The van der Waals surface area contributed by atoms with Gasteiger partial charge >= 0.3 is 5.97 Å². The van der Waals surface area contributed by atoms with Gasteiger partial charge in [0.05, 0.1) is 6.21 Å². The molecule has 0 radical (unpaired) electrons. The van der Waals surface area contributed by atoms with Crippen LogP contribution in [0.15, 0.2) is 34.3 Å². The van der Waals surface area contributed by atoms with Gasteiger partial charge in [-0.15, -0.1) is 11.8 Å². The van der Waals surface area contributed by atoms with Gasteiger partial charge in [-0.2, -0.15) is 0 Å². The van der Waals surface area contributed by atoms with Crippen molar-refractivity contribution in [2.24, 2.45) is 5.16 Å². The molecule has 2 rings (SSSR count). The molecule has 1 unspecified atom stereocenters. The van der Waals surface area contributed by atoms with Crippen molar-refractivity contribution in [1.82, 2.24) is 0 Å². The first kappa shape index (κ1) is 9.27. The van der Waals surface area contributed by atoms with Crippen molar-refractivity contribution >= 4 is 23.9 Å². The smallest absolute Gasteiger partial charge is 0.317 e. The van der Waals surface area contributed by atoms with Crippen LogP contribution < -0.4 is 0 Å². The summed E-state index contributed by atoms with van der Waals surface area (Å²) in [5, 5.41) is 3.49. The third-order valence-electron chi connectivity index (χ3n) is 2.08. The molecule has 0 N–H and O–H groups in total. The maximum atomic E-state index is 11.2. The van der Waals surface area contributed by atoms with E-state index >= 15 is 0 Å². The zero-order valence-corrected chi connectivity index (χ0v) is 8.45. The largest absolute Gasteiger partial charge is 0.347 e. The Hall–Kier alpha value is -1.29. The van der Waals surface area contributed by atoms with Crippen LogP contribution in [0.5, 0.6) is 0 Å². The second-order valence-corrected chi connectivity index (χ2v) is 3.80. The molecule has 4 heteroatoms. The number of benzene rings is 1. The highest BCUT2D eigenvalue weighted by atomic mass is 32.2. The van der Waals surface area contributed by atoms with Gasteiger partial charge in [-0.1, -0.05) is 17.3 Å². The Balaban J connectivity index is 2.24. The van der Waals surface area contributed by atoms with Crippen LogP contribution in [-0.4, -0.2) is 18.4 Å². The van der Waals surface area contributed by atoms with Crippen molar-refractivity contribution in [3.8, 4) is 0 Å². The van der Waals surface area contributed by atoms with E-state index in [0.717, 1.165) is 5.56 Å². The minimum atomic E-state index is -0.328. The van der Waals surface area contributed by atoms with Crippen molar-refractivity contribution in [2.45, 2.75) is 10.8 Å². The highest BCUT2D eigenvalue weighted by Gasteiger charge is 2.25. The topological polar surface area (TPSA) is 38.7 Å². The van der Waals surface area contributed by atoms with Crippen molar-refractivity contribution in [3.63, 3.8) is 0 Å². The van der Waals surface area contributed by atoms with Crippen LogP contribution in [0.1, 0.15) is 11.5 Å². The first-order valence-corrected chi connectivity index (χ1v) is 5.42. The Morgan fingerprint density at radius 2 is 2.07 bits per heavy atom. The van der Waals surface area contributed by atoms with Gasteiger partial charge in [0.1, 0.15) is 5.92 Å². The molecule has 1 aromatic carbocycles. The third kappa shape index (κ3) is 1.65. The van der Waals surface area contributed by atoms with Crippen LogP contribution in [0.4, 0.5) is 0 Å². The van der Waals surface area contributed by atoms with Crippen molar-refractivity contribution < 1.29 is 9.63 Å². The van der Waals surface area contributed by atoms with Crippen LogP contribution in [-0.2, 0) is 9.63 Å². The summed E-state index contributed by atoms with van der Waals surface area (Å²) in [7, 11) is 0. The van der Waals surface area contributed by atoms with E-state index in [0.29, 0.717) is 0 Å². The van der Waals surface area contributed by atoms with E-state index in [4.69, 9.17) is 0 Å². The van der Waals surface area contributed by atoms with E-state index in [2.05, 4.69) is 9.99 Å². The highest BCUT2D eigenvalue weighted by Crippen LogP contribution is 2.22. The summed E-state index contributed by atoms with van der Waals surface area (Å²) in [5.74, 6) is -0.632. The lowest BCUT2D eigenvalue weighted by molar-refractivity contribution is -0.141. The maximum absolute atomic E-state index is 11.2. The molecule has 0 amide bonds. The Labute approximate surface area is 86.1 Å². The molecule has 14 heavy (non-hydrogen) atoms. The van der Waals surface area contributed by atoms with E-state index in [1.165, 1.54) is 11.1 Å². The lowest BCUT2D eigenvalue weighted by Crippen LogP contribution is -2.08. The number of hydrogen-bond acceptors (Lipinski definition) is 4. The van der Waals surface area contributed by atoms with E-state index in [9.17, 15) is 4.79 Å². The van der Waals surface area contributed by atoms with E-state index in [-0.39, 0.29) is 11.9 Å². The lowest BCUT2D eigenvalue weighted by atomic mass is 10.0. The predicted octanol–water partition coefficient (Wildman–Crippen LogP) is 2.03. The summed E-state index contributed by atoms with van der Waals surface area (Å²) in [6.07, 6.45) is 3.54. The molecule has 1 heterocycles. The molecule has 1 aliphatic rings. The van der Waals surface area contributed by atoms with Gasteiger partial charge < -0.3 is 4.84 Å². The molecular formula is C10H9NO2S. The van der Waals surface area contributed by atoms with Gasteiger partial charge in [-0.25, -0.2) is 4.79 Å². The molecule has 0 saturated carbocycles. The zero-order chi connectivity index (χ0) is 9.97. The molecule has 0 aromatic heterocycles. The molecule has 3 nitrogen and oxygen atoms in total. The van der Waals surface area contributed by atoms with E-state index in [1.54, 1.807) is 11.8 Å². The monoisotopic (exact) mass is 207 g/mol. The lowest BCUT2D eigenvalue weighted by Gasteiger charge is -2.03. The summed E-state index contributed by atoms with van der Waals surface area (Å²) >= 11 is 1.67. The minimum absolute atomic E-state index is 0.304. The molecule has 72 valence electrons. The minimum Gasteiger partial charge on any atom is -0.317 e. The number of nitrogens with zero attached hydrogens (tertiary/aromatic N) is 1. The SMILES string of the molecule is CSc1ccc(C2C=NOC2=O)cc1. The number of carbonyl (C=O) groups is 1. The Morgan fingerprint density at radius 1 is 1.36 bits per heavy atom. The molecule has 1 aromatic rings. The van der Waals surface area contributed by atoms with E-state index < -0.39 is 0 Å². The number of hydrogen-bond donors (Lipinski definition) is 0. The van der Waals surface area contributed by atoms with Crippen LogP contribution in [0.25, 0.3) is 0 Å². The predicted molar refractivity (Wildman–Crippen MR) is 55.5 cm³/mol. The molecule has 0 aliphatic carbocycles. The van der Waals surface area contributed by atoms with Gasteiger partial charge in [0.15, 0.2) is 0 Å². The molecule has 0 bridgehead atoms. The average molecular weight is 207 g/mol. The maximum Gasteiger partial charge on any atom is 0.347 e. The molecule has 0 fully saturated rings. The third-order valence-corrected chi connectivity index (χ3v) is 2.83. The fourth-order valence-corrected chi connectivity index (χ4v) is 1.70. The molecule has 0 spiro atoms. The summed E-state index contributed by atoms with van der Waals surface area (Å²) in [4.78, 5) is 16.9. The Kier molecular flexibility index (Phi) is 2.54. The number of rotatable bonds is 2. The number of thioether (sulfide) groups is 1. The molecule has 0 saturated heterocycles. The van der Waals surface area contributed by atoms with Gasteiger partial charge in [-0.3, -0.25) is 0 Å². The zero-order valence-electron chi connectivity index (χ0n) is 7.64. The summed E-state index contributed by atoms with van der Waals surface area (Å²) < 4.78 is 0. The Morgan fingerprint density at radius 3 is 2.57 bits per heavy atom. The van der Waals surface area contributed by atoms with Gasteiger partial charge in [0.2, 0.25) is 0 Å². The fourth-order valence-electron chi connectivity index (χ4n) is 1.29. The van der Waals surface area contributed by atoms with Gasteiger partial charge in [0.25, 0.3) is 0 Å². The van der Waals surface area contributed by atoms with Crippen LogP contribution in [0.2, 0.25) is 0 Å². The van der Waals surface area contributed by atoms with Crippen LogP contribution in [0, 0.1) is 0 Å². The van der Waals surface area contributed by atoms with E-state index in [1.807, 2.05) is 30.5 Å². The molecule has 1 atom stereocenters. The second kappa shape index (κ2) is 3.84. The number of oxime groups is 1. The summed E-state index contributed by atoms with van der Waals surface area (Å²) in [5.41, 5.74) is 0.925. The fraction of sp³-hybridized carbons (Fsp3) is 0.200. The van der Waals surface area contributed by atoms with Crippen molar-refractivity contribution in [3.05, 3.63) is 29.8 Å². The second-order valence-electron chi connectivity index (χ2n) is 2.92. The van der Waals surface area contributed by atoms with Crippen LogP contribution >= 0.6 is 11.8 Å². The first-order valence-electron chi connectivity index (χ1n) is 4.19. The summed E-state index contributed by atoms with van der Waals surface area (Å²) in [6, 6.07) is 7.82. The average Bonchev–Trinajstić information content (AvgIpc) is 2.65. The summed E-state index contributed by atoms with van der Waals surface area (Å²) in [6.45, 7) is 0. The molecular weight excluding hydrogens is 198 g/mol. The van der Waals surface area contributed by atoms with Crippen molar-refractivity contribution in [1.29, 1.82) is 0 Å².